The second kappa shape index (κ2) is 7.66. The van der Waals surface area contributed by atoms with Crippen LogP contribution in [-0.2, 0) is 19.1 Å². The summed E-state index contributed by atoms with van der Waals surface area (Å²) in [5, 5.41) is 2.72. The van der Waals surface area contributed by atoms with Crippen LogP contribution in [0.15, 0.2) is 0 Å². The minimum absolute atomic E-state index is 0.0743. The van der Waals surface area contributed by atoms with Crippen molar-refractivity contribution in [1.82, 2.24) is 10.2 Å². The van der Waals surface area contributed by atoms with E-state index in [4.69, 9.17) is 9.47 Å². The number of hydrogen-bond donors (Lipinski definition) is 1. The van der Waals surface area contributed by atoms with Gasteiger partial charge < -0.3 is 19.7 Å². The highest BCUT2D eigenvalue weighted by Crippen LogP contribution is 2.20. The van der Waals surface area contributed by atoms with Gasteiger partial charge in [-0.05, 0) is 33.1 Å². The Labute approximate surface area is 137 Å². The lowest BCUT2D eigenvalue weighted by Crippen LogP contribution is -2.47. The molecule has 2 amide bonds. The van der Waals surface area contributed by atoms with Gasteiger partial charge in [-0.25, -0.2) is 9.59 Å². The maximum Gasteiger partial charge on any atom is 0.410 e. The molecule has 1 aliphatic heterocycles. The first kappa shape index (κ1) is 19.3. The molecule has 7 heteroatoms. The molecule has 1 aliphatic rings. The molecule has 0 spiro atoms. The molecular formula is C16H28N2O5. The topological polar surface area (TPSA) is 84.9 Å². The number of methoxy groups -OCH3 is 1. The molecule has 0 bridgehead atoms. The van der Waals surface area contributed by atoms with Crippen molar-refractivity contribution in [2.24, 2.45) is 11.8 Å². The fourth-order valence-electron chi connectivity index (χ4n) is 2.36. The highest BCUT2D eigenvalue weighted by molar-refractivity contribution is 5.86. The number of esters is 1. The molecule has 0 saturated carbocycles. The van der Waals surface area contributed by atoms with E-state index in [9.17, 15) is 14.4 Å². The van der Waals surface area contributed by atoms with Gasteiger partial charge in [-0.1, -0.05) is 13.8 Å². The summed E-state index contributed by atoms with van der Waals surface area (Å²) in [6.45, 7) is 9.84. The third-order valence-electron chi connectivity index (χ3n) is 3.63. The van der Waals surface area contributed by atoms with E-state index in [1.165, 1.54) is 12.0 Å². The van der Waals surface area contributed by atoms with Crippen LogP contribution >= 0.6 is 0 Å². The lowest BCUT2D eigenvalue weighted by molar-refractivity contribution is -0.146. The van der Waals surface area contributed by atoms with Gasteiger partial charge in [0.05, 0.1) is 13.0 Å². The number of ether oxygens (including phenoxy) is 2. The maximum atomic E-state index is 12.3. The molecule has 1 fully saturated rings. The van der Waals surface area contributed by atoms with Gasteiger partial charge in [-0.15, -0.1) is 0 Å². The van der Waals surface area contributed by atoms with Crippen LogP contribution in [0.25, 0.3) is 0 Å². The quantitative estimate of drug-likeness (QED) is 0.792. The second-order valence-electron chi connectivity index (χ2n) is 7.17. The van der Waals surface area contributed by atoms with E-state index in [-0.39, 0.29) is 17.7 Å². The lowest BCUT2D eigenvalue weighted by atomic mass is 10.0. The molecule has 23 heavy (non-hydrogen) atoms. The van der Waals surface area contributed by atoms with E-state index in [0.29, 0.717) is 19.5 Å². The first-order valence-corrected chi connectivity index (χ1v) is 7.91. The number of nitrogens with zero attached hydrogens (tertiary/aromatic N) is 1. The zero-order valence-electron chi connectivity index (χ0n) is 14.8. The Hall–Kier alpha value is -1.79. The largest absolute Gasteiger partial charge is 0.467 e. The number of rotatable bonds is 4. The molecule has 0 aliphatic carbocycles. The normalized spacial score (nSPS) is 19.4. The molecular weight excluding hydrogens is 300 g/mol. The average molecular weight is 328 g/mol. The predicted octanol–water partition coefficient (Wildman–Crippen LogP) is 1.56. The van der Waals surface area contributed by atoms with E-state index >= 15 is 0 Å². The highest BCUT2D eigenvalue weighted by atomic mass is 16.6. The van der Waals surface area contributed by atoms with Crippen LogP contribution in [0.2, 0.25) is 0 Å². The lowest BCUT2D eigenvalue weighted by Gasteiger charge is -2.25. The fraction of sp³-hybridized carbons (Fsp3) is 0.812. The summed E-state index contributed by atoms with van der Waals surface area (Å²) in [6.07, 6.45) is 0.137. The third-order valence-corrected chi connectivity index (χ3v) is 3.63. The minimum Gasteiger partial charge on any atom is -0.467 e. The molecule has 0 aromatic carbocycles. The van der Waals surface area contributed by atoms with Gasteiger partial charge in [-0.3, -0.25) is 4.79 Å². The monoisotopic (exact) mass is 328 g/mol. The van der Waals surface area contributed by atoms with Gasteiger partial charge in [0, 0.05) is 13.1 Å². The molecule has 1 heterocycles. The standard InChI is InChI=1S/C16H28N2O5/c1-10(2)12(14(20)22-6)17-13(19)11-7-8-18(9-11)15(21)23-16(3,4)5/h10-12H,7-9H2,1-6H3,(H,17,19)/t11-,12?/m1/s1. The Morgan fingerprint density at radius 2 is 1.83 bits per heavy atom. The first-order chi connectivity index (χ1) is 10.5. The van der Waals surface area contributed by atoms with Crippen molar-refractivity contribution < 1.29 is 23.9 Å². The van der Waals surface area contributed by atoms with Crippen LogP contribution in [0.5, 0.6) is 0 Å². The van der Waals surface area contributed by atoms with Gasteiger partial charge >= 0.3 is 12.1 Å². The predicted molar refractivity (Wildman–Crippen MR) is 84.7 cm³/mol. The number of likely N-dealkylation sites (tertiary alicyclic amines) is 1. The second-order valence-corrected chi connectivity index (χ2v) is 7.17. The van der Waals surface area contributed by atoms with Crippen molar-refractivity contribution in [3.05, 3.63) is 0 Å². The summed E-state index contributed by atoms with van der Waals surface area (Å²) in [5.41, 5.74) is -0.564. The van der Waals surface area contributed by atoms with Gasteiger partial charge in [-0.2, -0.15) is 0 Å². The number of hydrogen-bond acceptors (Lipinski definition) is 5. The molecule has 1 saturated heterocycles. The van der Waals surface area contributed by atoms with E-state index in [2.05, 4.69) is 5.32 Å². The summed E-state index contributed by atoms with van der Waals surface area (Å²) >= 11 is 0. The van der Waals surface area contributed by atoms with Crippen molar-refractivity contribution in [2.75, 3.05) is 20.2 Å². The molecule has 0 aromatic rings. The van der Waals surface area contributed by atoms with Crippen LogP contribution < -0.4 is 5.32 Å². The van der Waals surface area contributed by atoms with Crippen molar-refractivity contribution in [2.45, 2.75) is 52.7 Å². The minimum atomic E-state index is -0.678. The molecule has 7 nitrogen and oxygen atoms in total. The summed E-state index contributed by atoms with van der Waals surface area (Å²) < 4.78 is 10.0. The number of nitrogens with one attached hydrogen (secondary N) is 1. The SMILES string of the molecule is COC(=O)C(NC(=O)[C@@H]1CCN(C(=O)OC(C)(C)C)C1)C(C)C. The molecule has 1 rings (SSSR count). The van der Waals surface area contributed by atoms with Gasteiger partial charge in [0.15, 0.2) is 0 Å². The van der Waals surface area contributed by atoms with Gasteiger partial charge in [0.1, 0.15) is 11.6 Å². The summed E-state index contributed by atoms with van der Waals surface area (Å²) in [4.78, 5) is 37.6. The maximum absolute atomic E-state index is 12.3. The highest BCUT2D eigenvalue weighted by Gasteiger charge is 2.35. The Bertz CT molecular complexity index is 456. The Morgan fingerprint density at radius 3 is 2.30 bits per heavy atom. The van der Waals surface area contributed by atoms with Crippen LogP contribution in [0, 0.1) is 11.8 Å². The molecule has 1 N–H and O–H groups in total. The zero-order chi connectivity index (χ0) is 17.8. The summed E-state index contributed by atoms with van der Waals surface area (Å²) in [6, 6.07) is -0.678. The van der Waals surface area contributed by atoms with Crippen LogP contribution in [0.3, 0.4) is 0 Å². The van der Waals surface area contributed by atoms with E-state index in [1.54, 1.807) is 20.8 Å². The van der Waals surface area contributed by atoms with Crippen molar-refractivity contribution in [3.8, 4) is 0 Å². The molecule has 2 atom stereocenters. The average Bonchev–Trinajstić information content (AvgIpc) is 2.91. The van der Waals surface area contributed by atoms with Gasteiger partial charge in [0.2, 0.25) is 5.91 Å². The first-order valence-electron chi connectivity index (χ1n) is 7.91. The van der Waals surface area contributed by atoms with E-state index in [1.807, 2.05) is 13.8 Å². The van der Waals surface area contributed by atoms with Crippen molar-refractivity contribution >= 4 is 18.0 Å². The molecule has 132 valence electrons. The summed E-state index contributed by atoms with van der Waals surface area (Å²) in [7, 11) is 1.30. The van der Waals surface area contributed by atoms with Crippen LogP contribution in [-0.4, -0.2) is 54.7 Å². The van der Waals surface area contributed by atoms with Crippen molar-refractivity contribution in [3.63, 3.8) is 0 Å². The number of amides is 2. The third kappa shape index (κ3) is 5.73. The van der Waals surface area contributed by atoms with Crippen molar-refractivity contribution in [1.29, 1.82) is 0 Å². The number of carbonyl (C=O) groups is 3. The Balaban J connectivity index is 2.59. The molecule has 0 radical (unpaired) electrons. The summed E-state index contributed by atoms with van der Waals surface area (Å²) in [5.74, 6) is -1.11. The van der Waals surface area contributed by atoms with E-state index in [0.717, 1.165) is 0 Å². The van der Waals surface area contributed by atoms with Crippen LogP contribution in [0.4, 0.5) is 4.79 Å². The smallest absolute Gasteiger partial charge is 0.410 e. The Morgan fingerprint density at radius 1 is 1.22 bits per heavy atom. The zero-order valence-corrected chi connectivity index (χ0v) is 14.8. The number of carbonyl (C=O) groups excluding carboxylic acids is 3. The van der Waals surface area contributed by atoms with Crippen LogP contribution in [0.1, 0.15) is 41.0 Å². The molecule has 0 aromatic heterocycles. The molecule has 1 unspecified atom stereocenters. The van der Waals surface area contributed by atoms with Gasteiger partial charge in [0.25, 0.3) is 0 Å². The fourth-order valence-corrected chi connectivity index (χ4v) is 2.36. The van der Waals surface area contributed by atoms with E-state index < -0.39 is 23.7 Å². The Kier molecular flexibility index (Phi) is 6.41.